The van der Waals surface area contributed by atoms with Crippen LogP contribution < -0.4 is 19.7 Å². The monoisotopic (exact) mass is 858 g/mol. The fourth-order valence-corrected chi connectivity index (χ4v) is 8.39. The molecule has 0 saturated carbocycles. The zero-order valence-electron chi connectivity index (χ0n) is 32.2. The minimum Gasteiger partial charge on any atom is -0.456 e. The van der Waals surface area contributed by atoms with Gasteiger partial charge >= 0.3 is 0 Å². The molecule has 5 aromatic rings. The third kappa shape index (κ3) is 10.9. The number of hydrogen-bond donors (Lipinski definition) is 2. The summed E-state index contributed by atoms with van der Waals surface area (Å²) in [5.41, 5.74) is 3.98. The fourth-order valence-electron chi connectivity index (χ4n) is 7.15. The minimum atomic E-state index is -4.55. The average Bonchev–Trinajstić information content (AvgIpc) is 3.24. The van der Waals surface area contributed by atoms with Gasteiger partial charge < -0.3 is 19.7 Å². The van der Waals surface area contributed by atoms with Crippen LogP contribution in [0.4, 0.5) is 17.1 Å². The number of ether oxygens (including phenoxy) is 2. The normalized spacial score (nSPS) is 15.1. The van der Waals surface area contributed by atoms with Gasteiger partial charge in [-0.25, -0.2) is 13.1 Å². The zero-order chi connectivity index (χ0) is 41.4. The zero-order valence-corrected chi connectivity index (χ0v) is 34.5. The van der Waals surface area contributed by atoms with Gasteiger partial charge in [-0.1, -0.05) is 59.6 Å². The Labute approximate surface area is 353 Å². The second kappa shape index (κ2) is 19.2. The summed E-state index contributed by atoms with van der Waals surface area (Å²) in [6.45, 7) is 7.97. The molecule has 0 unspecified atom stereocenters. The van der Waals surface area contributed by atoms with E-state index in [1.54, 1.807) is 36.4 Å². The summed E-state index contributed by atoms with van der Waals surface area (Å²) in [5.74, 6) is -0.451. The van der Waals surface area contributed by atoms with Crippen LogP contribution in [0.15, 0.2) is 114 Å². The van der Waals surface area contributed by atoms with Crippen molar-refractivity contribution in [2.45, 2.75) is 17.9 Å². The molecule has 0 spiro atoms. The molecule has 0 atom stereocenters. The standard InChI is InChI=1S/C43H44Cl2N6O7S/c44-33-8-6-31(7-9-33)38-5-2-1-4-32(38)30-49-20-22-50(23-21-49)35-12-16-39(42(28-35)58-36-13-10-34(45)11-14-36)43(52)47-59(55,56)37-15-17-40(41(29-37)51(53)54)46-18-3-19-48-24-26-57-27-25-48/h1-2,4-17,28-29,46H,3,18-27,30H2,(H,47,52). The highest BCUT2D eigenvalue weighted by molar-refractivity contribution is 7.90. The van der Waals surface area contributed by atoms with E-state index in [-0.39, 0.29) is 17.0 Å². The molecule has 16 heteroatoms. The molecule has 13 nitrogen and oxygen atoms in total. The smallest absolute Gasteiger partial charge is 0.293 e. The van der Waals surface area contributed by atoms with Gasteiger partial charge in [0.05, 0.1) is 28.6 Å². The van der Waals surface area contributed by atoms with E-state index in [1.165, 1.54) is 23.8 Å². The number of hydrogen-bond acceptors (Lipinski definition) is 11. The van der Waals surface area contributed by atoms with Crippen LogP contribution in [-0.2, 0) is 21.3 Å². The maximum absolute atomic E-state index is 13.8. The van der Waals surface area contributed by atoms with Crippen LogP contribution in [0.5, 0.6) is 11.5 Å². The third-order valence-electron chi connectivity index (χ3n) is 10.3. The van der Waals surface area contributed by atoms with Gasteiger partial charge in [0.1, 0.15) is 17.2 Å². The molecular weight excluding hydrogens is 815 g/mol. The number of carbonyl (C=O) groups excluding carboxylic acids is 1. The molecular formula is C43H44Cl2N6O7S. The summed E-state index contributed by atoms with van der Waals surface area (Å²) in [6.07, 6.45) is 0.726. The lowest BCUT2D eigenvalue weighted by atomic mass is 9.99. The van der Waals surface area contributed by atoms with Crippen molar-refractivity contribution in [3.8, 4) is 22.6 Å². The lowest BCUT2D eigenvalue weighted by Crippen LogP contribution is -2.46. The molecule has 2 fully saturated rings. The van der Waals surface area contributed by atoms with Crippen molar-refractivity contribution in [2.24, 2.45) is 0 Å². The number of nitro benzene ring substituents is 1. The fraction of sp³-hybridized carbons (Fsp3) is 0.279. The molecule has 0 aromatic heterocycles. The summed E-state index contributed by atoms with van der Waals surface area (Å²) >= 11 is 12.3. The van der Waals surface area contributed by atoms with Gasteiger partial charge in [-0.3, -0.25) is 24.7 Å². The number of amides is 1. The van der Waals surface area contributed by atoms with E-state index in [0.29, 0.717) is 48.6 Å². The number of benzene rings is 5. The lowest BCUT2D eigenvalue weighted by molar-refractivity contribution is -0.384. The van der Waals surface area contributed by atoms with E-state index in [9.17, 15) is 23.3 Å². The second-order valence-electron chi connectivity index (χ2n) is 14.3. The Morgan fingerprint density at radius 3 is 2.22 bits per heavy atom. The van der Waals surface area contributed by atoms with Crippen LogP contribution in [0.25, 0.3) is 11.1 Å². The average molecular weight is 860 g/mol. The first kappa shape index (κ1) is 41.9. The van der Waals surface area contributed by atoms with Crippen LogP contribution in [0.2, 0.25) is 10.0 Å². The van der Waals surface area contributed by atoms with Crippen molar-refractivity contribution >= 4 is 56.2 Å². The lowest BCUT2D eigenvalue weighted by Gasteiger charge is -2.36. The topological polar surface area (TPSA) is 147 Å². The van der Waals surface area contributed by atoms with E-state index in [1.807, 2.05) is 36.4 Å². The number of rotatable bonds is 15. The van der Waals surface area contributed by atoms with Crippen molar-refractivity contribution < 1.29 is 27.6 Å². The van der Waals surface area contributed by atoms with Gasteiger partial charge in [-0.2, -0.15) is 0 Å². The van der Waals surface area contributed by atoms with Gasteiger partial charge in [0.25, 0.3) is 21.6 Å². The molecule has 1 amide bonds. The first-order valence-corrected chi connectivity index (χ1v) is 21.5. The number of piperazine rings is 1. The molecule has 7 rings (SSSR count). The molecule has 2 saturated heterocycles. The van der Waals surface area contributed by atoms with Crippen molar-refractivity contribution in [3.05, 3.63) is 140 Å². The second-order valence-corrected chi connectivity index (χ2v) is 16.8. The van der Waals surface area contributed by atoms with Crippen LogP contribution in [-0.4, -0.2) is 94.6 Å². The number of nitro groups is 1. The van der Waals surface area contributed by atoms with Crippen LogP contribution in [0.3, 0.4) is 0 Å². The molecule has 2 aliphatic rings. The highest BCUT2D eigenvalue weighted by atomic mass is 35.5. The molecule has 2 heterocycles. The van der Waals surface area contributed by atoms with E-state index < -0.39 is 31.4 Å². The number of sulfonamides is 1. The van der Waals surface area contributed by atoms with Crippen molar-refractivity contribution in [3.63, 3.8) is 0 Å². The van der Waals surface area contributed by atoms with Gasteiger partial charge in [-0.15, -0.1) is 0 Å². The van der Waals surface area contributed by atoms with E-state index in [4.69, 9.17) is 32.7 Å². The summed E-state index contributed by atoms with van der Waals surface area (Å²) in [5, 5.41) is 16.3. The van der Waals surface area contributed by atoms with Crippen molar-refractivity contribution in [1.29, 1.82) is 0 Å². The Kier molecular flexibility index (Phi) is 13.7. The SMILES string of the molecule is O=C(NS(=O)(=O)c1ccc(NCCCN2CCOCC2)c([N+](=O)[O-])c1)c1ccc(N2CCN(Cc3ccccc3-c3ccc(Cl)cc3)CC2)cc1Oc1ccc(Cl)cc1. The predicted molar refractivity (Wildman–Crippen MR) is 230 cm³/mol. The minimum absolute atomic E-state index is 0.0437. The van der Waals surface area contributed by atoms with Gasteiger partial charge in [0.2, 0.25) is 0 Å². The van der Waals surface area contributed by atoms with Crippen molar-refractivity contribution in [1.82, 2.24) is 14.5 Å². The third-order valence-corrected chi connectivity index (χ3v) is 12.2. The Hall–Kier alpha value is -5.22. The van der Waals surface area contributed by atoms with Gasteiger partial charge in [-0.05, 0) is 90.3 Å². The van der Waals surface area contributed by atoms with E-state index in [0.717, 1.165) is 68.6 Å². The first-order valence-electron chi connectivity index (χ1n) is 19.3. The van der Waals surface area contributed by atoms with Crippen LogP contribution in [0, 0.1) is 10.1 Å². The predicted octanol–water partition coefficient (Wildman–Crippen LogP) is 7.94. The Morgan fingerprint density at radius 2 is 1.51 bits per heavy atom. The Balaban J connectivity index is 1.04. The number of carbonyl (C=O) groups is 1. The number of halogens is 2. The summed E-state index contributed by atoms with van der Waals surface area (Å²) in [4.78, 5) is 31.5. The van der Waals surface area contributed by atoms with Gasteiger partial charge in [0.15, 0.2) is 0 Å². The van der Waals surface area contributed by atoms with Crippen molar-refractivity contribution in [2.75, 3.05) is 75.8 Å². The number of nitrogens with zero attached hydrogens (tertiary/aromatic N) is 4. The van der Waals surface area contributed by atoms with Gasteiger partial charge in [0, 0.05) is 80.2 Å². The number of morpholine rings is 1. The van der Waals surface area contributed by atoms with E-state index >= 15 is 0 Å². The highest BCUT2D eigenvalue weighted by Gasteiger charge is 2.27. The largest absolute Gasteiger partial charge is 0.456 e. The molecule has 0 radical (unpaired) electrons. The Bertz CT molecular complexity index is 2370. The molecule has 0 aliphatic carbocycles. The molecule has 308 valence electrons. The van der Waals surface area contributed by atoms with E-state index in [2.05, 4.69) is 36.9 Å². The van der Waals surface area contributed by atoms with Crippen LogP contribution >= 0.6 is 23.2 Å². The first-order chi connectivity index (χ1) is 28.5. The quantitative estimate of drug-likeness (QED) is 0.0601. The maximum Gasteiger partial charge on any atom is 0.293 e. The number of anilines is 2. The summed E-state index contributed by atoms with van der Waals surface area (Å²) in [7, 11) is -4.55. The molecule has 59 heavy (non-hydrogen) atoms. The molecule has 2 aliphatic heterocycles. The number of nitrogens with one attached hydrogen (secondary N) is 2. The highest BCUT2D eigenvalue weighted by Crippen LogP contribution is 2.33. The molecule has 5 aromatic carbocycles. The van der Waals surface area contributed by atoms with Crippen LogP contribution in [0.1, 0.15) is 22.3 Å². The molecule has 0 bridgehead atoms. The summed E-state index contributed by atoms with van der Waals surface area (Å²) in [6, 6.07) is 31.3. The molecule has 2 N–H and O–H groups in total. The maximum atomic E-state index is 13.8. The summed E-state index contributed by atoms with van der Waals surface area (Å²) < 4.78 is 40.8. The Morgan fingerprint density at radius 1 is 0.814 bits per heavy atom.